The Morgan fingerprint density at radius 2 is 1.45 bits per heavy atom. The number of halogens is 2. The monoisotopic (exact) mass is 423 g/mol. The Morgan fingerprint density at radius 3 is 2.05 bits per heavy atom. The number of nitrogens with zero attached hydrogens (tertiary/aromatic N) is 2. The van der Waals surface area contributed by atoms with E-state index in [2.05, 4.69) is 72.0 Å². The Balaban J connectivity index is 1.59. The van der Waals surface area contributed by atoms with Crippen LogP contribution in [0.5, 0.6) is 0 Å². The zero-order valence-electron chi connectivity index (χ0n) is 12.3. The quantitative estimate of drug-likeness (QED) is 0.752. The van der Waals surface area contributed by atoms with Crippen LogP contribution in [0.15, 0.2) is 51.4 Å². The average Bonchev–Trinajstić information content (AvgIpc) is 2.49. The summed E-state index contributed by atoms with van der Waals surface area (Å²) in [6.07, 6.45) is 0. The summed E-state index contributed by atoms with van der Waals surface area (Å²) in [6, 6.07) is 14.6. The number of rotatable bonds is 3. The Labute approximate surface area is 148 Å². The molecule has 3 rings (SSSR count). The number of benzene rings is 2. The van der Waals surface area contributed by atoms with Crippen LogP contribution in [0.25, 0.3) is 0 Å². The maximum Gasteiger partial charge on any atom is 0.0389 e. The van der Waals surface area contributed by atoms with Gasteiger partial charge >= 0.3 is 0 Å². The first kappa shape index (κ1) is 15.8. The molecule has 3 nitrogen and oxygen atoms in total. The lowest BCUT2D eigenvalue weighted by molar-refractivity contribution is 0.250. The third kappa shape index (κ3) is 4.03. The average molecular weight is 425 g/mol. The highest BCUT2D eigenvalue weighted by Gasteiger charge is 2.17. The van der Waals surface area contributed by atoms with Crippen LogP contribution in [-0.4, -0.2) is 31.1 Å². The van der Waals surface area contributed by atoms with Crippen molar-refractivity contribution in [3.8, 4) is 0 Å². The zero-order valence-corrected chi connectivity index (χ0v) is 15.5. The number of hydrogen-bond donors (Lipinski definition) is 1. The molecule has 0 spiro atoms. The van der Waals surface area contributed by atoms with Crippen molar-refractivity contribution in [3.63, 3.8) is 0 Å². The number of anilines is 2. The number of nitrogen functional groups attached to an aromatic ring is 1. The van der Waals surface area contributed by atoms with Gasteiger partial charge in [-0.2, -0.15) is 0 Å². The molecule has 1 fully saturated rings. The lowest BCUT2D eigenvalue weighted by Crippen LogP contribution is -2.45. The van der Waals surface area contributed by atoms with E-state index in [-0.39, 0.29) is 0 Å². The Morgan fingerprint density at radius 1 is 0.864 bits per heavy atom. The molecule has 0 aromatic heterocycles. The molecule has 2 aromatic rings. The summed E-state index contributed by atoms with van der Waals surface area (Å²) < 4.78 is 2.22. The maximum absolute atomic E-state index is 5.74. The first-order chi connectivity index (χ1) is 10.6. The Bertz CT molecular complexity index is 615. The first-order valence-electron chi connectivity index (χ1n) is 7.38. The van der Waals surface area contributed by atoms with Crippen LogP contribution >= 0.6 is 31.9 Å². The van der Waals surface area contributed by atoms with Crippen LogP contribution in [0.2, 0.25) is 0 Å². The number of hydrogen-bond acceptors (Lipinski definition) is 3. The van der Waals surface area contributed by atoms with Crippen LogP contribution in [0, 0.1) is 0 Å². The van der Waals surface area contributed by atoms with E-state index in [9.17, 15) is 0 Å². The zero-order chi connectivity index (χ0) is 15.5. The molecular weight excluding hydrogens is 406 g/mol. The molecule has 1 aliphatic heterocycles. The van der Waals surface area contributed by atoms with Crippen molar-refractivity contribution in [3.05, 3.63) is 57.0 Å². The summed E-state index contributed by atoms with van der Waals surface area (Å²) in [5.41, 5.74) is 9.16. The minimum Gasteiger partial charge on any atom is -0.399 e. The summed E-state index contributed by atoms with van der Waals surface area (Å²) >= 11 is 7.13. The summed E-state index contributed by atoms with van der Waals surface area (Å²) in [5.74, 6) is 0. The minimum atomic E-state index is 0.828. The SMILES string of the molecule is Nc1ccc(CN2CCN(c3cc(Br)cc(Br)c3)CC2)cc1. The Kier molecular flexibility index (Phi) is 5.06. The third-order valence-electron chi connectivity index (χ3n) is 3.97. The highest BCUT2D eigenvalue weighted by molar-refractivity contribution is 9.11. The van der Waals surface area contributed by atoms with E-state index in [4.69, 9.17) is 5.73 Å². The van der Waals surface area contributed by atoms with E-state index in [1.165, 1.54) is 11.3 Å². The highest BCUT2D eigenvalue weighted by atomic mass is 79.9. The second-order valence-corrected chi connectivity index (χ2v) is 7.46. The highest BCUT2D eigenvalue weighted by Crippen LogP contribution is 2.27. The van der Waals surface area contributed by atoms with E-state index >= 15 is 0 Å². The van der Waals surface area contributed by atoms with Gasteiger partial charge in [0.25, 0.3) is 0 Å². The molecule has 1 heterocycles. The predicted octanol–water partition coefficient (Wildman–Crippen LogP) is 4.12. The molecule has 116 valence electrons. The normalized spacial score (nSPS) is 16.0. The Hall–Kier alpha value is -1.04. The minimum absolute atomic E-state index is 0.828. The van der Waals surface area contributed by atoms with E-state index in [0.29, 0.717) is 0 Å². The van der Waals surface area contributed by atoms with Crippen LogP contribution in [0.4, 0.5) is 11.4 Å². The van der Waals surface area contributed by atoms with Gasteiger partial charge in [0.1, 0.15) is 0 Å². The summed E-state index contributed by atoms with van der Waals surface area (Å²) in [4.78, 5) is 4.93. The molecule has 5 heteroatoms. The maximum atomic E-state index is 5.74. The van der Waals surface area contributed by atoms with Crippen LogP contribution in [0.1, 0.15) is 5.56 Å². The van der Waals surface area contributed by atoms with Crippen molar-refractivity contribution in [2.24, 2.45) is 0 Å². The number of nitrogens with two attached hydrogens (primary N) is 1. The van der Waals surface area contributed by atoms with Crippen molar-refractivity contribution in [2.75, 3.05) is 36.8 Å². The molecule has 0 aliphatic carbocycles. The fraction of sp³-hybridized carbons (Fsp3) is 0.294. The van der Waals surface area contributed by atoms with Gasteiger partial charge in [0.15, 0.2) is 0 Å². The molecule has 0 unspecified atom stereocenters. The molecule has 2 N–H and O–H groups in total. The number of piperazine rings is 1. The second-order valence-electron chi connectivity index (χ2n) is 5.63. The van der Waals surface area contributed by atoms with Gasteiger partial charge in [-0.1, -0.05) is 44.0 Å². The molecule has 2 aromatic carbocycles. The molecule has 0 atom stereocenters. The van der Waals surface area contributed by atoms with Crippen molar-refractivity contribution in [2.45, 2.75) is 6.54 Å². The molecule has 0 amide bonds. The van der Waals surface area contributed by atoms with Crippen LogP contribution in [0.3, 0.4) is 0 Å². The van der Waals surface area contributed by atoms with Crippen molar-refractivity contribution >= 4 is 43.2 Å². The topological polar surface area (TPSA) is 32.5 Å². The van der Waals surface area contributed by atoms with Gasteiger partial charge in [-0.15, -0.1) is 0 Å². The lowest BCUT2D eigenvalue weighted by atomic mass is 10.1. The predicted molar refractivity (Wildman–Crippen MR) is 100 cm³/mol. The largest absolute Gasteiger partial charge is 0.399 e. The van der Waals surface area contributed by atoms with Gasteiger partial charge in [0.2, 0.25) is 0 Å². The summed E-state index contributed by atoms with van der Waals surface area (Å²) in [7, 11) is 0. The van der Waals surface area contributed by atoms with Gasteiger partial charge in [-0.25, -0.2) is 0 Å². The fourth-order valence-electron chi connectivity index (χ4n) is 2.77. The van der Waals surface area contributed by atoms with Crippen molar-refractivity contribution < 1.29 is 0 Å². The van der Waals surface area contributed by atoms with E-state index in [0.717, 1.165) is 47.4 Å². The van der Waals surface area contributed by atoms with E-state index in [1.807, 2.05) is 12.1 Å². The van der Waals surface area contributed by atoms with Gasteiger partial charge in [-0.3, -0.25) is 4.90 Å². The van der Waals surface area contributed by atoms with Gasteiger partial charge in [0.05, 0.1) is 0 Å². The molecule has 1 saturated heterocycles. The molecule has 0 saturated carbocycles. The van der Waals surface area contributed by atoms with Crippen molar-refractivity contribution in [1.29, 1.82) is 0 Å². The second kappa shape index (κ2) is 7.02. The van der Waals surface area contributed by atoms with Gasteiger partial charge in [0, 0.05) is 53.0 Å². The molecular formula is C17H19Br2N3. The summed E-state index contributed by atoms with van der Waals surface area (Å²) in [6.45, 7) is 5.26. The molecule has 1 aliphatic rings. The van der Waals surface area contributed by atoms with Crippen molar-refractivity contribution in [1.82, 2.24) is 4.90 Å². The van der Waals surface area contributed by atoms with E-state index in [1.54, 1.807) is 0 Å². The lowest BCUT2D eigenvalue weighted by Gasteiger charge is -2.36. The van der Waals surface area contributed by atoms with Gasteiger partial charge in [-0.05, 0) is 35.9 Å². The fourth-order valence-corrected chi connectivity index (χ4v) is 4.04. The van der Waals surface area contributed by atoms with Crippen LogP contribution < -0.4 is 10.6 Å². The summed E-state index contributed by atoms with van der Waals surface area (Å²) in [5, 5.41) is 0. The standard InChI is InChI=1S/C17H19Br2N3/c18-14-9-15(19)11-17(10-14)22-7-5-21(6-8-22)12-13-1-3-16(20)4-2-13/h1-4,9-11H,5-8,12,20H2. The molecule has 0 radical (unpaired) electrons. The third-order valence-corrected chi connectivity index (χ3v) is 4.89. The van der Waals surface area contributed by atoms with Crippen LogP contribution in [-0.2, 0) is 6.54 Å². The molecule has 22 heavy (non-hydrogen) atoms. The van der Waals surface area contributed by atoms with Gasteiger partial charge < -0.3 is 10.6 Å². The molecule has 0 bridgehead atoms. The smallest absolute Gasteiger partial charge is 0.0389 e. The first-order valence-corrected chi connectivity index (χ1v) is 8.96. The van der Waals surface area contributed by atoms with E-state index < -0.39 is 0 Å².